The number of benzene rings is 1. The number of ether oxygens (including phenoxy) is 1. The molecule has 0 aliphatic rings. The zero-order valence-electron chi connectivity index (χ0n) is 13.0. The van der Waals surface area contributed by atoms with Crippen LogP contribution in [0.4, 0.5) is 0 Å². The molecule has 1 rings (SSSR count). The maximum absolute atomic E-state index is 11.7. The van der Waals surface area contributed by atoms with Gasteiger partial charge in [0.25, 0.3) is 0 Å². The van der Waals surface area contributed by atoms with E-state index < -0.39 is 0 Å². The molecule has 21 heavy (non-hydrogen) atoms. The van der Waals surface area contributed by atoms with Crippen LogP contribution in [0, 0.1) is 5.41 Å². The molecular weight excluding hydrogens is 268 g/mol. The second kappa shape index (κ2) is 7.07. The predicted octanol–water partition coefficient (Wildman–Crippen LogP) is 3.38. The van der Waals surface area contributed by atoms with Crippen LogP contribution in [0.3, 0.4) is 0 Å². The Balaban J connectivity index is 2.64. The van der Waals surface area contributed by atoms with E-state index >= 15 is 0 Å². The lowest BCUT2D eigenvalue weighted by Gasteiger charge is -2.15. The largest absolute Gasteiger partial charge is 0.504 e. The number of carbonyl (C=O) groups is 2. The van der Waals surface area contributed by atoms with Crippen molar-refractivity contribution in [2.45, 2.75) is 33.6 Å². The highest BCUT2D eigenvalue weighted by molar-refractivity contribution is 6.06. The van der Waals surface area contributed by atoms with Crippen molar-refractivity contribution in [1.29, 1.82) is 0 Å². The molecule has 0 aromatic heterocycles. The predicted molar refractivity (Wildman–Crippen MR) is 82.4 cm³/mol. The third-order valence-corrected chi connectivity index (χ3v) is 2.76. The minimum Gasteiger partial charge on any atom is -0.504 e. The van der Waals surface area contributed by atoms with E-state index in [9.17, 15) is 14.7 Å². The number of carbonyl (C=O) groups excluding carboxylic acids is 2. The molecule has 0 fully saturated rings. The Morgan fingerprint density at radius 3 is 2.52 bits per heavy atom. The Bertz CT molecular complexity index is 550. The first-order valence-electron chi connectivity index (χ1n) is 6.81. The van der Waals surface area contributed by atoms with E-state index in [0.29, 0.717) is 12.2 Å². The van der Waals surface area contributed by atoms with Gasteiger partial charge in [0, 0.05) is 6.42 Å². The Morgan fingerprint density at radius 2 is 1.95 bits per heavy atom. The highest BCUT2D eigenvalue weighted by atomic mass is 16.5. The van der Waals surface area contributed by atoms with Crippen LogP contribution >= 0.6 is 0 Å². The summed E-state index contributed by atoms with van der Waals surface area (Å²) in [7, 11) is 1.46. The molecular formula is C17H22O4. The number of phenols is 1. The van der Waals surface area contributed by atoms with Gasteiger partial charge in [-0.3, -0.25) is 9.59 Å². The zero-order valence-corrected chi connectivity index (χ0v) is 13.0. The van der Waals surface area contributed by atoms with E-state index in [2.05, 4.69) is 0 Å². The molecule has 0 aliphatic heterocycles. The van der Waals surface area contributed by atoms with Gasteiger partial charge in [-0.15, -0.1) is 0 Å². The molecule has 0 heterocycles. The van der Waals surface area contributed by atoms with Crippen molar-refractivity contribution in [3.05, 3.63) is 29.8 Å². The van der Waals surface area contributed by atoms with Gasteiger partial charge >= 0.3 is 0 Å². The first-order valence-corrected chi connectivity index (χ1v) is 6.81. The second-order valence-electron chi connectivity index (χ2n) is 6.18. The Kier molecular flexibility index (Phi) is 5.70. The summed E-state index contributed by atoms with van der Waals surface area (Å²) >= 11 is 0. The standard InChI is InChI=1S/C17H22O4/c1-17(2,3)11-14(19)10-13(18)7-5-12-6-8-15(20)16(9-12)21-4/h5-9,20H,10-11H2,1-4H3. The molecule has 1 aromatic rings. The van der Waals surface area contributed by atoms with Gasteiger partial charge in [-0.05, 0) is 29.2 Å². The molecule has 0 saturated carbocycles. The molecule has 4 heteroatoms. The van der Waals surface area contributed by atoms with Crippen molar-refractivity contribution < 1.29 is 19.4 Å². The number of hydrogen-bond donors (Lipinski definition) is 1. The summed E-state index contributed by atoms with van der Waals surface area (Å²) in [4.78, 5) is 23.5. The number of rotatable bonds is 6. The number of aromatic hydroxyl groups is 1. The first kappa shape index (κ1) is 17.0. The first-order chi connectivity index (χ1) is 9.71. The molecule has 4 nitrogen and oxygen atoms in total. The molecule has 0 unspecified atom stereocenters. The lowest BCUT2D eigenvalue weighted by Crippen LogP contribution is -2.15. The minimum atomic E-state index is -0.226. The smallest absolute Gasteiger partial charge is 0.163 e. The number of methoxy groups -OCH3 is 1. The fourth-order valence-corrected chi connectivity index (χ4v) is 1.89. The average molecular weight is 290 g/mol. The molecule has 0 atom stereocenters. The van der Waals surface area contributed by atoms with Crippen molar-refractivity contribution in [1.82, 2.24) is 0 Å². The van der Waals surface area contributed by atoms with Crippen LogP contribution in [-0.4, -0.2) is 23.8 Å². The van der Waals surface area contributed by atoms with Gasteiger partial charge in [0.2, 0.25) is 0 Å². The van der Waals surface area contributed by atoms with Crippen molar-refractivity contribution in [2.24, 2.45) is 5.41 Å². The summed E-state index contributed by atoms with van der Waals surface area (Å²) in [6, 6.07) is 4.78. The molecule has 0 saturated heterocycles. The van der Waals surface area contributed by atoms with Gasteiger partial charge in [-0.2, -0.15) is 0 Å². The molecule has 114 valence electrons. The van der Waals surface area contributed by atoms with Gasteiger partial charge in [-0.25, -0.2) is 0 Å². The number of ketones is 2. The van der Waals surface area contributed by atoms with E-state index in [1.54, 1.807) is 18.2 Å². The molecule has 0 amide bonds. The van der Waals surface area contributed by atoms with Crippen LogP contribution in [0.15, 0.2) is 24.3 Å². The van der Waals surface area contributed by atoms with E-state index in [0.717, 1.165) is 5.56 Å². The average Bonchev–Trinajstić information content (AvgIpc) is 2.35. The van der Waals surface area contributed by atoms with Crippen LogP contribution < -0.4 is 4.74 Å². The normalized spacial score (nSPS) is 11.6. The number of Topliss-reactive ketones (excluding diaryl/α,β-unsaturated/α-hetero) is 1. The van der Waals surface area contributed by atoms with Gasteiger partial charge in [0.1, 0.15) is 5.78 Å². The second-order valence-corrected chi connectivity index (χ2v) is 6.18. The van der Waals surface area contributed by atoms with Crippen molar-refractivity contribution >= 4 is 17.6 Å². The van der Waals surface area contributed by atoms with E-state index in [1.165, 1.54) is 19.3 Å². The lowest BCUT2D eigenvalue weighted by atomic mass is 9.88. The summed E-state index contributed by atoms with van der Waals surface area (Å²) in [5, 5.41) is 9.48. The summed E-state index contributed by atoms with van der Waals surface area (Å²) in [6.07, 6.45) is 3.30. The lowest BCUT2D eigenvalue weighted by molar-refractivity contribution is -0.125. The zero-order chi connectivity index (χ0) is 16.0. The van der Waals surface area contributed by atoms with Gasteiger partial charge in [-0.1, -0.05) is 32.9 Å². The van der Waals surface area contributed by atoms with Crippen LogP contribution in [0.1, 0.15) is 39.2 Å². The van der Waals surface area contributed by atoms with Gasteiger partial charge in [0.15, 0.2) is 17.3 Å². The van der Waals surface area contributed by atoms with E-state index in [-0.39, 0.29) is 29.2 Å². The number of allylic oxidation sites excluding steroid dienone is 1. The van der Waals surface area contributed by atoms with E-state index in [1.807, 2.05) is 20.8 Å². The monoisotopic (exact) mass is 290 g/mol. The Hall–Kier alpha value is -2.10. The summed E-state index contributed by atoms with van der Waals surface area (Å²) in [5.74, 6) is 0.103. The van der Waals surface area contributed by atoms with Crippen LogP contribution in [-0.2, 0) is 9.59 Å². The van der Waals surface area contributed by atoms with Gasteiger partial charge in [0.05, 0.1) is 13.5 Å². The fraction of sp³-hybridized carbons (Fsp3) is 0.412. The maximum atomic E-state index is 11.7. The highest BCUT2D eigenvalue weighted by Gasteiger charge is 2.17. The Labute approximate surface area is 125 Å². The van der Waals surface area contributed by atoms with Crippen molar-refractivity contribution in [3.8, 4) is 11.5 Å². The molecule has 0 aliphatic carbocycles. The van der Waals surface area contributed by atoms with E-state index in [4.69, 9.17) is 4.74 Å². The summed E-state index contributed by atoms with van der Waals surface area (Å²) < 4.78 is 4.99. The summed E-state index contributed by atoms with van der Waals surface area (Å²) in [5.41, 5.74) is 0.618. The SMILES string of the molecule is COc1cc(C=CC(=O)CC(=O)CC(C)(C)C)ccc1O. The van der Waals surface area contributed by atoms with Crippen molar-refractivity contribution in [2.75, 3.05) is 7.11 Å². The topological polar surface area (TPSA) is 63.6 Å². The third kappa shape index (κ3) is 6.25. The fourth-order valence-electron chi connectivity index (χ4n) is 1.89. The molecule has 1 aromatic carbocycles. The molecule has 0 spiro atoms. The third-order valence-electron chi connectivity index (χ3n) is 2.76. The van der Waals surface area contributed by atoms with Crippen LogP contribution in [0.2, 0.25) is 0 Å². The van der Waals surface area contributed by atoms with Crippen LogP contribution in [0.25, 0.3) is 6.08 Å². The van der Waals surface area contributed by atoms with Crippen LogP contribution in [0.5, 0.6) is 11.5 Å². The Morgan fingerprint density at radius 1 is 1.29 bits per heavy atom. The number of hydrogen-bond acceptors (Lipinski definition) is 4. The summed E-state index contributed by atoms with van der Waals surface area (Å²) in [6.45, 7) is 5.90. The minimum absolute atomic E-state index is 0.0429. The highest BCUT2D eigenvalue weighted by Crippen LogP contribution is 2.26. The van der Waals surface area contributed by atoms with Crippen molar-refractivity contribution in [3.63, 3.8) is 0 Å². The molecule has 0 bridgehead atoms. The number of phenolic OH excluding ortho intramolecular Hbond substituents is 1. The molecule has 1 N–H and O–H groups in total. The van der Waals surface area contributed by atoms with Gasteiger partial charge < -0.3 is 9.84 Å². The maximum Gasteiger partial charge on any atom is 0.163 e. The quantitative estimate of drug-likeness (QED) is 0.644. The molecule has 0 radical (unpaired) electrons.